The predicted molar refractivity (Wildman–Crippen MR) is 500 cm³/mol. The van der Waals surface area contributed by atoms with Gasteiger partial charge in [0.15, 0.2) is 29.4 Å². The van der Waals surface area contributed by atoms with Gasteiger partial charge < -0.3 is 193 Å². The summed E-state index contributed by atoms with van der Waals surface area (Å²) < 4.78 is 85.8. The molecule has 49 nitrogen and oxygen atoms in total. The topological polar surface area (TPSA) is 835 Å². The number of fused-ring (bicyclic) bond motifs is 1. The summed E-state index contributed by atoms with van der Waals surface area (Å²) in [5, 5.41) is 146. The molecular formula is C91H126N11O38P. The first-order valence-electron chi connectivity index (χ1n) is 43.9. The molecule has 0 saturated heterocycles. The molecule has 32 N–H and O–H groups in total. The Morgan fingerprint density at radius 1 is 0.418 bits per heavy atom. The van der Waals surface area contributed by atoms with Gasteiger partial charge in [-0.1, -0.05) is 58.0 Å². The van der Waals surface area contributed by atoms with Crippen molar-refractivity contribution in [1.29, 1.82) is 0 Å². The molecule has 4 aromatic carbocycles. The number of benzene rings is 4. The third-order valence-corrected chi connectivity index (χ3v) is 22.9. The van der Waals surface area contributed by atoms with Crippen LogP contribution in [0.4, 0.5) is 5.69 Å². The summed E-state index contributed by atoms with van der Waals surface area (Å²) in [6, 6.07) is 16.1. The zero-order chi connectivity index (χ0) is 105. The standard InChI is InChI=1S/C24H31N3O10.C24H33N3O9.C22H32NO10P.C21H30N4O9/c1-13-15(27-24(25)26)10-19(37-22(13)21(31)16(29)11-28)23(32)34-8-2-7-33-20(30)6-4-14-3-5-17-18(9-14)36-12-35-17;1-13-4-5-15(10-17(13)29)6-7-20(31)34-8-3-9-35-23(33)19-11-16(27-24(25)26)14(2)22(36-19)21(32)18(30)12-28;1-13-4-5-15(10-17(13)25)6-7-19(27)31-8-3-9-32-34(29,30)20-11-16(23)14(2)22(33-20)21(28)18(26)12-24;1-10-13(25-21(23)24)8-16(34-18(10)17(29)15(28)9-26)20(31)33-6-2-5-32-19(30)12-7-11(22)3-4-14(12)27/h3-6,9-10,13,15-16,21-22,28-29,31H,2,7-8,11-12H2,1H3,(H4,25,26,27);4-7,10-11,14,16,18,21-22,28-30,32H,3,8-9,12H2,1-2H3,(H4,25,26,27);4-7,10-11,14,16,18,21-22,24-26,28H,3,8-9,12,23H2,1-2H3,(H,29,30);3-4,7-8,10,13,15,17-18,26-29H,2,5-6,9,22H2,1H3,(H4,23,24,25)/b6-4+;2*7-6+;/t13-,15+,16-,21-,22-;2*14-,16+,18-,21-,22-;10-,13+,15-,17-,18-/m1111/s1. The van der Waals surface area contributed by atoms with E-state index in [9.17, 15) is 99.2 Å². The maximum atomic E-state index is 12.6. The van der Waals surface area contributed by atoms with Crippen molar-refractivity contribution in [3.05, 3.63) is 171 Å². The summed E-state index contributed by atoms with van der Waals surface area (Å²) in [7, 11) is -4.45. The van der Waals surface area contributed by atoms with Crippen molar-refractivity contribution in [2.45, 2.75) is 165 Å². The quantitative estimate of drug-likeness (QED) is 0.00256. The highest BCUT2D eigenvalue weighted by Gasteiger charge is 2.47. The van der Waals surface area contributed by atoms with Crippen molar-refractivity contribution >= 4 is 91.2 Å². The van der Waals surface area contributed by atoms with Gasteiger partial charge in [0.25, 0.3) is 0 Å². The fourth-order valence-electron chi connectivity index (χ4n) is 13.3. The van der Waals surface area contributed by atoms with Crippen LogP contribution in [0.1, 0.15) is 91.6 Å². The first kappa shape index (κ1) is 117. The number of anilines is 1. The van der Waals surface area contributed by atoms with Crippen LogP contribution in [-0.2, 0) is 90.0 Å². The minimum Gasteiger partial charge on any atom is -0.508 e. The summed E-state index contributed by atoms with van der Waals surface area (Å²) in [5.74, 6) is -7.74. The van der Waals surface area contributed by atoms with E-state index in [1.165, 1.54) is 85.0 Å². The van der Waals surface area contributed by atoms with E-state index in [1.807, 2.05) is 0 Å². The average molecular weight is 2010 g/mol. The van der Waals surface area contributed by atoms with Crippen molar-refractivity contribution < 1.29 is 186 Å². The van der Waals surface area contributed by atoms with Crippen LogP contribution in [0.5, 0.6) is 28.7 Å². The first-order chi connectivity index (χ1) is 66.7. The van der Waals surface area contributed by atoms with Gasteiger partial charge in [-0.2, -0.15) is 0 Å². The van der Waals surface area contributed by atoms with Crippen LogP contribution >= 0.6 is 7.60 Å². The Bertz CT molecular complexity index is 5200. The van der Waals surface area contributed by atoms with Gasteiger partial charge in [0.05, 0.1) is 97.4 Å². The second kappa shape index (κ2) is 57.5. The lowest BCUT2D eigenvalue weighted by Gasteiger charge is -2.38. The number of ether oxygens (including phenoxy) is 13. The van der Waals surface area contributed by atoms with Gasteiger partial charge in [-0.3, -0.25) is 4.57 Å². The van der Waals surface area contributed by atoms with E-state index in [4.69, 9.17) is 132 Å². The van der Waals surface area contributed by atoms with Crippen LogP contribution in [0.2, 0.25) is 0 Å². The normalized spacial score (nSPS) is 22.1. The van der Waals surface area contributed by atoms with Crippen molar-refractivity contribution in [3.63, 3.8) is 0 Å². The average Bonchev–Trinajstić information content (AvgIpc) is 1.56. The van der Waals surface area contributed by atoms with Gasteiger partial charge in [0.1, 0.15) is 96.1 Å². The number of phenolic OH excluding ortho intramolecular Hbond substituents is 3. The highest BCUT2D eigenvalue weighted by atomic mass is 31.2. The molecule has 5 aliphatic rings. The number of rotatable bonds is 43. The zero-order valence-corrected chi connectivity index (χ0v) is 78.7. The number of carbonyl (C=O) groups is 7. The minimum absolute atomic E-state index is 0.00477. The lowest BCUT2D eigenvalue weighted by molar-refractivity contribution is -0.153. The fraction of sp³-hybridized carbons (Fsp3) is 0.473. The number of aromatic hydroxyl groups is 3. The molecule has 0 aliphatic carbocycles. The summed E-state index contributed by atoms with van der Waals surface area (Å²) in [6.45, 7) is 6.56. The van der Waals surface area contributed by atoms with Crippen molar-refractivity contribution in [2.24, 2.45) is 78.8 Å². The number of phenols is 3. The van der Waals surface area contributed by atoms with E-state index in [-0.39, 0.29) is 149 Å². The Morgan fingerprint density at radius 2 is 0.745 bits per heavy atom. The second-order valence-corrected chi connectivity index (χ2v) is 34.1. The third kappa shape index (κ3) is 37.1. The van der Waals surface area contributed by atoms with Gasteiger partial charge >= 0.3 is 49.4 Å². The lowest BCUT2D eigenvalue weighted by Crippen LogP contribution is -2.50. The zero-order valence-electron chi connectivity index (χ0n) is 77.8. The predicted octanol–water partition coefficient (Wildman–Crippen LogP) is -2.25. The lowest BCUT2D eigenvalue weighted by atomic mass is 9.88. The summed E-state index contributed by atoms with van der Waals surface area (Å²) in [5.41, 5.74) is 47.4. The Hall–Kier alpha value is -13.2. The molecule has 141 heavy (non-hydrogen) atoms. The van der Waals surface area contributed by atoms with Crippen LogP contribution in [0.3, 0.4) is 0 Å². The van der Waals surface area contributed by atoms with Gasteiger partial charge in [0.2, 0.25) is 29.6 Å². The maximum Gasteiger partial charge on any atom is 0.392 e. The van der Waals surface area contributed by atoms with Gasteiger partial charge in [-0.15, -0.1) is 0 Å². The molecule has 50 heteroatoms. The summed E-state index contributed by atoms with van der Waals surface area (Å²) in [6.07, 6.45) is -2.47. The van der Waals surface area contributed by atoms with E-state index in [0.717, 1.165) is 11.1 Å². The van der Waals surface area contributed by atoms with Crippen LogP contribution in [0.15, 0.2) is 153 Å². The van der Waals surface area contributed by atoms with E-state index >= 15 is 0 Å². The number of aliphatic imine (C=N–C) groups is 3. The van der Waals surface area contributed by atoms with Crippen molar-refractivity contribution in [1.82, 2.24) is 0 Å². The Morgan fingerprint density at radius 3 is 1.10 bits per heavy atom. The highest BCUT2D eigenvalue weighted by Crippen LogP contribution is 2.54. The van der Waals surface area contributed by atoms with Crippen LogP contribution in [0, 0.1) is 37.5 Å². The SMILES string of the molecule is C[C@H]1[C@H]([C@H](O)[C@H](O)CO)OC(C(=O)OCCCOC(=O)/C=C/c2ccc3c(c2)OCO3)=C[C@@H]1N=C(N)N.C[C@H]1[C@H]([C@H](O)[C@H](O)CO)OC(C(=O)OCCCOC(=O)c2cc(N)ccc2O)=C[C@@H]1N=C(N)N.Cc1ccc(/C=C/C(=O)OCCCOC(=O)C2=C[C@H](N=C(N)N)[C@@H](C)[C@H]([C@H](O)[C@H](O)CO)O2)cc1O.Cc1ccc(/C=C/C(=O)OCCCOP(=O)(O)C2=C[C@H](N)[C@@H](C)[C@H]([C@H](O)[C@H](O)CO)O2)cc1O. The molecule has 0 fully saturated rings. The number of nitrogens with zero attached hydrogens (tertiary/aromatic N) is 3. The molecular weight excluding hydrogens is 1890 g/mol. The molecule has 5 aliphatic heterocycles. The van der Waals surface area contributed by atoms with E-state index in [0.29, 0.717) is 28.2 Å². The van der Waals surface area contributed by atoms with Crippen molar-refractivity contribution in [2.75, 3.05) is 91.8 Å². The number of carbonyl (C=O) groups excluding carboxylic acids is 7. The van der Waals surface area contributed by atoms with Crippen LogP contribution < -0.4 is 55.3 Å². The number of aliphatic hydroxyl groups is 12. The Kier molecular flexibility index (Phi) is 47.5. The van der Waals surface area contributed by atoms with Crippen LogP contribution in [0.25, 0.3) is 18.2 Å². The summed E-state index contributed by atoms with van der Waals surface area (Å²) >= 11 is 0. The number of guanidine groups is 3. The number of nitrogen functional groups attached to an aromatic ring is 1. The molecule has 0 bridgehead atoms. The second-order valence-electron chi connectivity index (χ2n) is 32.3. The summed E-state index contributed by atoms with van der Waals surface area (Å²) in [4.78, 5) is 107. The minimum atomic E-state index is -4.45. The first-order valence-corrected chi connectivity index (χ1v) is 45.5. The molecule has 21 atom stereocenters. The molecule has 0 aromatic heterocycles. The molecule has 9 rings (SSSR count). The molecule has 0 saturated carbocycles. The molecule has 778 valence electrons. The number of hydrogen-bond donors (Lipinski definition) is 24. The molecule has 5 heterocycles. The molecule has 0 spiro atoms. The molecule has 4 aromatic rings. The van der Waals surface area contributed by atoms with E-state index in [1.54, 1.807) is 90.1 Å². The number of aliphatic hydroxyl groups excluding tert-OH is 12. The number of aryl methyl sites for hydroxylation is 2. The number of esters is 7. The van der Waals surface area contributed by atoms with Gasteiger partial charge in [-0.05, 0) is 127 Å². The molecule has 0 amide bonds. The molecule has 1 unspecified atom stereocenters. The molecule has 0 radical (unpaired) electrons. The maximum absolute atomic E-state index is 12.6. The smallest absolute Gasteiger partial charge is 0.392 e. The Labute approximate surface area is 809 Å². The van der Waals surface area contributed by atoms with Crippen LogP contribution in [-0.4, -0.2) is 325 Å². The number of nitrogens with two attached hydrogens (primary N) is 8. The number of hydrogen-bond acceptors (Lipinski definition) is 42. The van der Waals surface area contributed by atoms with Crippen molar-refractivity contribution in [3.8, 4) is 28.7 Å². The van der Waals surface area contributed by atoms with Gasteiger partial charge in [0, 0.05) is 79.3 Å². The fourth-order valence-corrected chi connectivity index (χ4v) is 14.4. The highest BCUT2D eigenvalue weighted by molar-refractivity contribution is 7.57. The van der Waals surface area contributed by atoms with Gasteiger partial charge in [-0.25, -0.2) is 48.5 Å². The van der Waals surface area contributed by atoms with E-state index in [2.05, 4.69) is 15.0 Å². The van der Waals surface area contributed by atoms with E-state index < -0.39 is 202 Å². The third-order valence-electron chi connectivity index (χ3n) is 21.5. The Balaban J connectivity index is 0.000000288. The monoisotopic (exact) mass is 2010 g/mol. The largest absolute Gasteiger partial charge is 0.508 e.